The summed E-state index contributed by atoms with van der Waals surface area (Å²) in [6.07, 6.45) is 0. The molecule has 2 aromatic carbocycles. The highest BCUT2D eigenvalue weighted by Crippen LogP contribution is 2.27. The number of amides is 1. The van der Waals surface area contributed by atoms with Gasteiger partial charge >= 0.3 is 0 Å². The minimum Gasteiger partial charge on any atom is -0.497 e. The van der Waals surface area contributed by atoms with Gasteiger partial charge in [0.25, 0.3) is 0 Å². The van der Waals surface area contributed by atoms with Gasteiger partial charge in [-0.05, 0) is 24.3 Å². The van der Waals surface area contributed by atoms with E-state index in [4.69, 9.17) is 9.47 Å². The van der Waals surface area contributed by atoms with Gasteiger partial charge in [-0.25, -0.2) is 21.9 Å². The van der Waals surface area contributed by atoms with Gasteiger partial charge in [-0.3, -0.25) is 4.79 Å². The van der Waals surface area contributed by atoms with Crippen molar-refractivity contribution in [3.8, 4) is 11.5 Å². The first-order valence-corrected chi connectivity index (χ1v) is 8.71. The van der Waals surface area contributed by atoms with E-state index in [-0.39, 0.29) is 22.1 Å². The molecule has 0 saturated carbocycles. The lowest BCUT2D eigenvalue weighted by Crippen LogP contribution is -2.33. The molecule has 0 unspecified atom stereocenters. The van der Waals surface area contributed by atoms with Crippen molar-refractivity contribution in [1.82, 2.24) is 4.72 Å². The number of nitrogens with one attached hydrogen (secondary N) is 2. The molecule has 2 N–H and O–H groups in total. The highest BCUT2D eigenvalue weighted by molar-refractivity contribution is 7.89. The van der Waals surface area contributed by atoms with Crippen LogP contribution in [0.25, 0.3) is 0 Å². The number of methoxy groups -OCH3 is 2. The zero-order chi connectivity index (χ0) is 19.3. The molecule has 0 aliphatic carbocycles. The van der Waals surface area contributed by atoms with Crippen LogP contribution in [0.2, 0.25) is 0 Å². The molecule has 26 heavy (non-hydrogen) atoms. The molecule has 10 heteroatoms. The zero-order valence-electron chi connectivity index (χ0n) is 13.9. The van der Waals surface area contributed by atoms with Crippen LogP contribution in [0.15, 0.2) is 41.3 Å². The van der Waals surface area contributed by atoms with Crippen molar-refractivity contribution in [2.75, 3.05) is 26.1 Å². The van der Waals surface area contributed by atoms with E-state index in [0.717, 1.165) is 12.1 Å². The number of sulfonamides is 1. The quantitative estimate of drug-likeness (QED) is 0.758. The molecule has 140 valence electrons. The fourth-order valence-corrected chi connectivity index (χ4v) is 3.18. The summed E-state index contributed by atoms with van der Waals surface area (Å²) in [6, 6.07) is 6.75. The van der Waals surface area contributed by atoms with Crippen LogP contribution in [0, 0.1) is 11.6 Å². The molecule has 0 bridgehead atoms. The lowest BCUT2D eigenvalue weighted by molar-refractivity contribution is -0.115. The molecule has 1 amide bonds. The van der Waals surface area contributed by atoms with Gasteiger partial charge in [-0.1, -0.05) is 0 Å². The number of carbonyl (C=O) groups excluding carboxylic acids is 1. The van der Waals surface area contributed by atoms with Crippen LogP contribution in [0.5, 0.6) is 11.5 Å². The van der Waals surface area contributed by atoms with Crippen molar-refractivity contribution < 1.29 is 31.5 Å². The number of hydrogen-bond donors (Lipinski definition) is 2. The fourth-order valence-electron chi connectivity index (χ4n) is 2.02. The standard InChI is InChI=1S/C16H16F2N2O5S/c1-24-11-4-6-14(25-2)15(8-11)26(22,23)19-9-16(21)20-13-5-3-10(17)7-12(13)18/h3-8,19H,9H2,1-2H3,(H,20,21). The van der Waals surface area contributed by atoms with E-state index in [1.807, 2.05) is 0 Å². The second kappa shape index (κ2) is 8.11. The van der Waals surface area contributed by atoms with Gasteiger partial charge in [0, 0.05) is 12.1 Å². The van der Waals surface area contributed by atoms with Gasteiger partial charge in [0.15, 0.2) is 0 Å². The minimum absolute atomic E-state index is 0.0586. The molecule has 0 saturated heterocycles. The van der Waals surface area contributed by atoms with Crippen LogP contribution in [0.1, 0.15) is 0 Å². The molecule has 0 radical (unpaired) electrons. The summed E-state index contributed by atoms with van der Waals surface area (Å²) in [5, 5.41) is 2.15. The van der Waals surface area contributed by atoms with E-state index in [0.29, 0.717) is 6.07 Å². The molecule has 0 heterocycles. The third kappa shape index (κ3) is 4.67. The third-order valence-corrected chi connectivity index (χ3v) is 4.71. The number of ether oxygens (including phenoxy) is 2. The van der Waals surface area contributed by atoms with Crippen LogP contribution in [-0.4, -0.2) is 35.1 Å². The van der Waals surface area contributed by atoms with E-state index in [9.17, 15) is 22.0 Å². The van der Waals surface area contributed by atoms with Crippen molar-refractivity contribution in [3.05, 3.63) is 48.0 Å². The first kappa shape index (κ1) is 19.6. The number of benzene rings is 2. The molecule has 0 aliphatic heterocycles. The second-order valence-corrected chi connectivity index (χ2v) is 6.75. The van der Waals surface area contributed by atoms with Crippen LogP contribution >= 0.6 is 0 Å². The molecule has 7 nitrogen and oxygen atoms in total. The first-order chi connectivity index (χ1) is 12.3. The largest absolute Gasteiger partial charge is 0.497 e. The summed E-state index contributed by atoms with van der Waals surface area (Å²) in [7, 11) is -1.44. The van der Waals surface area contributed by atoms with E-state index >= 15 is 0 Å². The van der Waals surface area contributed by atoms with Crippen molar-refractivity contribution in [2.45, 2.75) is 4.90 Å². The number of halogens is 2. The van der Waals surface area contributed by atoms with Crippen molar-refractivity contribution in [3.63, 3.8) is 0 Å². The van der Waals surface area contributed by atoms with Gasteiger partial charge < -0.3 is 14.8 Å². The first-order valence-electron chi connectivity index (χ1n) is 7.23. The van der Waals surface area contributed by atoms with E-state index in [2.05, 4.69) is 10.0 Å². The van der Waals surface area contributed by atoms with Gasteiger partial charge in [0.05, 0.1) is 26.5 Å². The Morgan fingerprint density at radius 3 is 2.42 bits per heavy atom. The number of rotatable bonds is 7. The smallest absolute Gasteiger partial charge is 0.244 e. The fraction of sp³-hybridized carbons (Fsp3) is 0.188. The molecule has 0 atom stereocenters. The SMILES string of the molecule is COc1ccc(OC)c(S(=O)(=O)NCC(=O)Nc2ccc(F)cc2F)c1. The summed E-state index contributed by atoms with van der Waals surface area (Å²) in [6.45, 7) is -0.667. The van der Waals surface area contributed by atoms with Crippen LogP contribution in [-0.2, 0) is 14.8 Å². The molecular formula is C16H16F2N2O5S. The van der Waals surface area contributed by atoms with Gasteiger partial charge in [-0.2, -0.15) is 0 Å². The Morgan fingerprint density at radius 2 is 1.81 bits per heavy atom. The highest BCUT2D eigenvalue weighted by Gasteiger charge is 2.21. The summed E-state index contributed by atoms with van der Waals surface area (Å²) in [5.41, 5.74) is -0.269. The van der Waals surface area contributed by atoms with Crippen molar-refractivity contribution in [2.24, 2.45) is 0 Å². The monoisotopic (exact) mass is 386 g/mol. The molecule has 2 aromatic rings. The summed E-state index contributed by atoms with van der Waals surface area (Å²) >= 11 is 0. The predicted octanol–water partition coefficient (Wildman–Crippen LogP) is 1.90. The normalized spacial score (nSPS) is 11.1. The van der Waals surface area contributed by atoms with Gasteiger partial charge in [-0.15, -0.1) is 0 Å². The predicted molar refractivity (Wildman–Crippen MR) is 89.7 cm³/mol. The lowest BCUT2D eigenvalue weighted by atomic mass is 10.3. The Kier molecular flexibility index (Phi) is 6.11. The Labute approximate surface area is 149 Å². The Balaban J connectivity index is 2.11. The third-order valence-electron chi connectivity index (χ3n) is 3.29. The molecule has 0 aliphatic rings. The molecule has 0 fully saturated rings. The summed E-state index contributed by atoms with van der Waals surface area (Å²) in [4.78, 5) is 11.6. The zero-order valence-corrected chi connectivity index (χ0v) is 14.7. The molecule has 0 aromatic heterocycles. The molecular weight excluding hydrogens is 370 g/mol. The van der Waals surface area contributed by atoms with E-state index in [1.165, 1.54) is 32.4 Å². The van der Waals surface area contributed by atoms with Gasteiger partial charge in [0.1, 0.15) is 28.0 Å². The van der Waals surface area contributed by atoms with Crippen LogP contribution in [0.3, 0.4) is 0 Å². The van der Waals surface area contributed by atoms with E-state index < -0.39 is 34.1 Å². The number of carbonyl (C=O) groups is 1. The topological polar surface area (TPSA) is 93.7 Å². The average molecular weight is 386 g/mol. The maximum absolute atomic E-state index is 13.5. The Bertz CT molecular complexity index is 919. The Morgan fingerprint density at radius 1 is 1.08 bits per heavy atom. The average Bonchev–Trinajstić information content (AvgIpc) is 2.62. The summed E-state index contributed by atoms with van der Waals surface area (Å²) < 4.78 is 63.2. The molecule has 0 spiro atoms. The van der Waals surface area contributed by atoms with Gasteiger partial charge in [0.2, 0.25) is 15.9 Å². The molecule has 2 rings (SSSR count). The maximum atomic E-state index is 13.5. The van der Waals surface area contributed by atoms with Crippen molar-refractivity contribution >= 4 is 21.6 Å². The number of hydrogen-bond acceptors (Lipinski definition) is 5. The second-order valence-electron chi connectivity index (χ2n) is 5.01. The van der Waals surface area contributed by atoms with Crippen LogP contribution in [0.4, 0.5) is 14.5 Å². The highest BCUT2D eigenvalue weighted by atomic mass is 32.2. The number of anilines is 1. The minimum atomic E-state index is -4.11. The lowest BCUT2D eigenvalue weighted by Gasteiger charge is -2.12. The van der Waals surface area contributed by atoms with Crippen LogP contribution < -0.4 is 19.5 Å². The van der Waals surface area contributed by atoms with E-state index in [1.54, 1.807) is 0 Å². The maximum Gasteiger partial charge on any atom is 0.244 e. The summed E-state index contributed by atoms with van der Waals surface area (Å²) in [5.74, 6) is -2.27. The Hall–Kier alpha value is -2.72. The van der Waals surface area contributed by atoms with Crippen molar-refractivity contribution in [1.29, 1.82) is 0 Å².